The van der Waals surface area contributed by atoms with Crippen LogP contribution in [0.4, 0.5) is 5.69 Å². The highest BCUT2D eigenvalue weighted by molar-refractivity contribution is 5.94. The number of aromatic amines is 1. The predicted molar refractivity (Wildman–Crippen MR) is 112 cm³/mol. The van der Waals surface area contributed by atoms with Gasteiger partial charge >= 0.3 is 0 Å². The summed E-state index contributed by atoms with van der Waals surface area (Å²) >= 11 is 0. The lowest BCUT2D eigenvalue weighted by atomic mass is 10.1. The van der Waals surface area contributed by atoms with Crippen LogP contribution in [0, 0.1) is 6.92 Å². The van der Waals surface area contributed by atoms with Crippen molar-refractivity contribution < 1.29 is 9.53 Å². The van der Waals surface area contributed by atoms with E-state index in [2.05, 4.69) is 10.1 Å². The number of hydrogen-bond donors (Lipinski definition) is 1. The molecule has 1 aromatic heterocycles. The molecule has 3 aromatic rings. The number of aliphatic imine (C=N–C) groups is 1. The molecule has 2 aromatic carbocycles. The van der Waals surface area contributed by atoms with Gasteiger partial charge in [0, 0.05) is 30.6 Å². The minimum absolute atomic E-state index is 0.00365. The molecule has 2 heterocycles. The zero-order chi connectivity index (χ0) is 20.2. The molecule has 0 spiro atoms. The number of benzene rings is 2. The summed E-state index contributed by atoms with van der Waals surface area (Å²) < 4.78 is 6.79. The molecule has 1 N–H and O–H groups in total. The zero-order valence-electron chi connectivity index (χ0n) is 16.2. The Kier molecular flexibility index (Phi) is 5.39. The maximum atomic E-state index is 12.7. The van der Waals surface area contributed by atoms with Crippen LogP contribution in [0.3, 0.4) is 0 Å². The van der Waals surface area contributed by atoms with E-state index in [1.807, 2.05) is 37.3 Å². The molecule has 0 atom stereocenters. The van der Waals surface area contributed by atoms with Crippen LogP contribution in [0.5, 0.6) is 0 Å². The molecule has 0 aliphatic carbocycles. The van der Waals surface area contributed by atoms with Gasteiger partial charge in [-0.3, -0.25) is 19.7 Å². The second-order valence-corrected chi connectivity index (χ2v) is 6.84. The number of ether oxygens (including phenoxy) is 1. The summed E-state index contributed by atoms with van der Waals surface area (Å²) in [6, 6.07) is 16.5. The van der Waals surface area contributed by atoms with Crippen molar-refractivity contribution in [2.45, 2.75) is 6.92 Å². The number of para-hydroxylation sites is 1. The number of amides is 1. The Bertz CT molecular complexity index is 1080. The number of nitrogens with one attached hydrogen (secondary N) is 1. The highest BCUT2D eigenvalue weighted by Crippen LogP contribution is 2.15. The molecule has 148 valence electrons. The Morgan fingerprint density at radius 3 is 2.45 bits per heavy atom. The second kappa shape index (κ2) is 8.28. The van der Waals surface area contributed by atoms with Crippen LogP contribution in [0.25, 0.3) is 5.69 Å². The first-order valence-electron chi connectivity index (χ1n) is 9.52. The number of carbonyl (C=O) groups is 1. The molecule has 0 radical (unpaired) electrons. The average Bonchev–Trinajstić information content (AvgIpc) is 3.07. The molecule has 0 saturated carbocycles. The van der Waals surface area contributed by atoms with Crippen LogP contribution in [0.15, 0.2) is 64.4 Å². The van der Waals surface area contributed by atoms with E-state index in [0.29, 0.717) is 43.1 Å². The Hall–Kier alpha value is -3.45. The van der Waals surface area contributed by atoms with E-state index in [4.69, 9.17) is 4.74 Å². The van der Waals surface area contributed by atoms with E-state index in [9.17, 15) is 9.59 Å². The first-order valence-corrected chi connectivity index (χ1v) is 9.52. The van der Waals surface area contributed by atoms with Gasteiger partial charge in [0.1, 0.15) is 0 Å². The van der Waals surface area contributed by atoms with E-state index in [-0.39, 0.29) is 11.5 Å². The van der Waals surface area contributed by atoms with Gasteiger partial charge in [-0.05, 0) is 43.3 Å². The number of hydrogen-bond acceptors (Lipinski definition) is 4. The summed E-state index contributed by atoms with van der Waals surface area (Å²) in [4.78, 5) is 31.4. The molecule has 1 saturated heterocycles. The van der Waals surface area contributed by atoms with Gasteiger partial charge in [-0.2, -0.15) is 0 Å². The summed E-state index contributed by atoms with van der Waals surface area (Å²) in [6.07, 6.45) is 1.56. The van der Waals surface area contributed by atoms with Crippen LogP contribution in [-0.2, 0) is 4.74 Å². The number of aryl methyl sites for hydroxylation is 1. The Morgan fingerprint density at radius 2 is 1.76 bits per heavy atom. The first kappa shape index (κ1) is 18.9. The van der Waals surface area contributed by atoms with Crippen molar-refractivity contribution >= 4 is 17.8 Å². The third kappa shape index (κ3) is 4.05. The number of carbonyl (C=O) groups excluding carboxylic acids is 1. The molecule has 1 amide bonds. The summed E-state index contributed by atoms with van der Waals surface area (Å²) in [5, 5.41) is 3.08. The number of H-pyrrole nitrogens is 1. The fourth-order valence-corrected chi connectivity index (χ4v) is 3.25. The van der Waals surface area contributed by atoms with Crippen molar-refractivity contribution in [2.24, 2.45) is 4.99 Å². The predicted octanol–water partition coefficient (Wildman–Crippen LogP) is 2.70. The molecular weight excluding hydrogens is 368 g/mol. The number of morpholine rings is 1. The lowest BCUT2D eigenvalue weighted by molar-refractivity contribution is 0.0303. The van der Waals surface area contributed by atoms with Crippen LogP contribution in [-0.4, -0.2) is 53.1 Å². The quantitative estimate of drug-likeness (QED) is 0.696. The minimum atomic E-state index is -0.156. The molecular formula is C22H22N4O3. The zero-order valence-corrected chi connectivity index (χ0v) is 16.2. The Labute approximate surface area is 168 Å². The third-order valence-electron chi connectivity index (χ3n) is 4.89. The highest BCUT2D eigenvalue weighted by atomic mass is 16.5. The molecule has 1 aliphatic heterocycles. The monoisotopic (exact) mass is 390 g/mol. The van der Waals surface area contributed by atoms with E-state index in [1.165, 1.54) is 4.68 Å². The van der Waals surface area contributed by atoms with Crippen molar-refractivity contribution in [1.82, 2.24) is 14.7 Å². The van der Waals surface area contributed by atoms with Gasteiger partial charge in [-0.15, -0.1) is 0 Å². The van der Waals surface area contributed by atoms with Crippen LogP contribution >= 0.6 is 0 Å². The summed E-state index contributed by atoms with van der Waals surface area (Å²) in [5.74, 6) is -0.00365. The molecule has 7 nitrogen and oxygen atoms in total. The maximum absolute atomic E-state index is 12.7. The van der Waals surface area contributed by atoms with E-state index in [1.54, 1.807) is 35.4 Å². The van der Waals surface area contributed by atoms with Crippen molar-refractivity contribution in [1.29, 1.82) is 0 Å². The number of aromatic nitrogens is 2. The van der Waals surface area contributed by atoms with Gasteiger partial charge in [-0.25, -0.2) is 4.68 Å². The lowest BCUT2D eigenvalue weighted by Gasteiger charge is -2.26. The number of nitrogens with zero attached hydrogens (tertiary/aromatic N) is 3. The van der Waals surface area contributed by atoms with Crippen LogP contribution < -0.4 is 5.56 Å². The molecule has 0 bridgehead atoms. The van der Waals surface area contributed by atoms with Gasteiger partial charge in [0.05, 0.1) is 30.2 Å². The van der Waals surface area contributed by atoms with Crippen LogP contribution in [0.1, 0.15) is 21.6 Å². The maximum Gasteiger partial charge on any atom is 0.280 e. The van der Waals surface area contributed by atoms with Gasteiger partial charge in [-0.1, -0.05) is 18.2 Å². The minimum Gasteiger partial charge on any atom is -0.378 e. The molecule has 1 aliphatic rings. The van der Waals surface area contributed by atoms with Gasteiger partial charge < -0.3 is 9.64 Å². The number of rotatable bonds is 4. The molecule has 1 fully saturated rings. The normalized spacial score (nSPS) is 14.4. The smallest absolute Gasteiger partial charge is 0.280 e. The topological polar surface area (TPSA) is 79.7 Å². The van der Waals surface area contributed by atoms with Crippen LogP contribution in [0.2, 0.25) is 0 Å². The highest BCUT2D eigenvalue weighted by Gasteiger charge is 2.18. The molecule has 0 unspecified atom stereocenters. The fraction of sp³-hybridized carbons (Fsp3) is 0.227. The van der Waals surface area contributed by atoms with Crippen molar-refractivity contribution in [3.8, 4) is 5.69 Å². The van der Waals surface area contributed by atoms with E-state index in [0.717, 1.165) is 11.4 Å². The lowest BCUT2D eigenvalue weighted by Crippen LogP contribution is -2.40. The van der Waals surface area contributed by atoms with Crippen molar-refractivity contribution in [3.05, 3.63) is 81.8 Å². The fourth-order valence-electron chi connectivity index (χ4n) is 3.25. The Morgan fingerprint density at radius 1 is 1.07 bits per heavy atom. The average molecular weight is 390 g/mol. The molecule has 4 rings (SSSR count). The van der Waals surface area contributed by atoms with E-state index < -0.39 is 0 Å². The third-order valence-corrected chi connectivity index (χ3v) is 4.89. The Balaban J connectivity index is 1.52. The van der Waals surface area contributed by atoms with E-state index >= 15 is 0 Å². The molecule has 7 heteroatoms. The summed E-state index contributed by atoms with van der Waals surface area (Å²) in [7, 11) is 0. The second-order valence-electron chi connectivity index (χ2n) is 6.84. The van der Waals surface area contributed by atoms with Gasteiger partial charge in [0.25, 0.3) is 11.5 Å². The van der Waals surface area contributed by atoms with Gasteiger partial charge in [0.15, 0.2) is 0 Å². The van der Waals surface area contributed by atoms with Gasteiger partial charge in [0.2, 0.25) is 0 Å². The molecule has 29 heavy (non-hydrogen) atoms. The largest absolute Gasteiger partial charge is 0.378 e. The van der Waals surface area contributed by atoms with Crippen molar-refractivity contribution in [2.75, 3.05) is 26.3 Å². The summed E-state index contributed by atoms with van der Waals surface area (Å²) in [5.41, 5.74) is 3.15. The first-order chi connectivity index (χ1) is 14.1. The SMILES string of the molecule is Cc1[nH]n(-c2ccccc2)c(=O)c1C=Nc1ccc(C(=O)N2CCOCC2)cc1. The van der Waals surface area contributed by atoms with Crippen molar-refractivity contribution in [3.63, 3.8) is 0 Å². The standard InChI is InChI=1S/C22H22N4O3/c1-16-20(22(28)26(24-16)19-5-3-2-4-6-19)15-23-18-9-7-17(8-10-18)21(27)25-11-13-29-14-12-25/h2-10,15,24H,11-14H2,1H3. The summed E-state index contributed by atoms with van der Waals surface area (Å²) in [6.45, 7) is 4.21.